The average molecular weight is 318 g/mol. The van der Waals surface area contributed by atoms with Crippen LogP contribution >= 0.6 is 0 Å². The van der Waals surface area contributed by atoms with E-state index in [0.29, 0.717) is 13.2 Å². The maximum absolute atomic E-state index is 12.1. The van der Waals surface area contributed by atoms with Crippen molar-refractivity contribution < 1.29 is 23.1 Å². The van der Waals surface area contributed by atoms with E-state index in [-0.39, 0.29) is 24.1 Å². The molecule has 118 valence electrons. The molecule has 1 aliphatic heterocycles. The standard InChI is InChI=1S/C11H18N4O5S/c1-14-2-3-20-9(6-14)4-13-21(18,19)10-5-12-15(7-10)8-11(16)17/h5,7,9,13H,2-4,6,8H2,1H3,(H,16,17). The smallest absolute Gasteiger partial charge is 0.325 e. The summed E-state index contributed by atoms with van der Waals surface area (Å²) >= 11 is 0. The third-order valence-corrected chi connectivity index (χ3v) is 4.44. The van der Waals surface area contributed by atoms with Gasteiger partial charge in [0.25, 0.3) is 0 Å². The number of aliphatic carboxylic acids is 1. The van der Waals surface area contributed by atoms with Gasteiger partial charge in [0.2, 0.25) is 10.0 Å². The first-order valence-corrected chi connectivity index (χ1v) is 7.89. The second-order valence-electron chi connectivity index (χ2n) is 4.87. The van der Waals surface area contributed by atoms with Crippen molar-refractivity contribution in [3.8, 4) is 0 Å². The lowest BCUT2D eigenvalue weighted by Crippen LogP contribution is -2.45. The number of hydrogen-bond acceptors (Lipinski definition) is 6. The molecule has 2 heterocycles. The zero-order valence-electron chi connectivity index (χ0n) is 11.6. The van der Waals surface area contributed by atoms with E-state index in [9.17, 15) is 13.2 Å². The summed E-state index contributed by atoms with van der Waals surface area (Å²) in [7, 11) is -1.77. The summed E-state index contributed by atoms with van der Waals surface area (Å²) in [5.74, 6) is -1.09. The Morgan fingerprint density at radius 3 is 3.05 bits per heavy atom. The number of carbonyl (C=O) groups is 1. The number of nitrogens with one attached hydrogen (secondary N) is 1. The molecule has 2 rings (SSSR count). The van der Waals surface area contributed by atoms with E-state index in [4.69, 9.17) is 9.84 Å². The van der Waals surface area contributed by atoms with E-state index >= 15 is 0 Å². The molecule has 21 heavy (non-hydrogen) atoms. The van der Waals surface area contributed by atoms with Crippen LogP contribution in [-0.2, 0) is 26.1 Å². The van der Waals surface area contributed by atoms with Gasteiger partial charge < -0.3 is 14.7 Å². The molecule has 1 saturated heterocycles. The summed E-state index contributed by atoms with van der Waals surface area (Å²) in [5.41, 5.74) is 0. The topological polar surface area (TPSA) is 114 Å². The van der Waals surface area contributed by atoms with E-state index in [1.807, 2.05) is 7.05 Å². The number of ether oxygens (including phenoxy) is 1. The molecule has 0 aromatic carbocycles. The maximum Gasteiger partial charge on any atom is 0.325 e. The first kappa shape index (κ1) is 15.9. The number of hydrogen-bond donors (Lipinski definition) is 2. The van der Waals surface area contributed by atoms with Gasteiger partial charge in [-0.2, -0.15) is 5.10 Å². The minimum atomic E-state index is -3.72. The summed E-state index contributed by atoms with van der Waals surface area (Å²) in [6.07, 6.45) is 2.11. The zero-order chi connectivity index (χ0) is 15.5. The maximum atomic E-state index is 12.1. The van der Waals surface area contributed by atoms with Crippen LogP contribution in [0.2, 0.25) is 0 Å². The lowest BCUT2D eigenvalue weighted by molar-refractivity contribution is -0.137. The molecule has 1 fully saturated rings. The molecule has 1 unspecified atom stereocenters. The third kappa shape index (κ3) is 4.49. The van der Waals surface area contributed by atoms with Crippen LogP contribution in [0, 0.1) is 0 Å². The predicted octanol–water partition coefficient (Wildman–Crippen LogP) is -1.42. The Bertz CT molecular complexity index is 600. The van der Waals surface area contributed by atoms with E-state index < -0.39 is 16.0 Å². The number of nitrogens with zero attached hydrogens (tertiary/aromatic N) is 3. The monoisotopic (exact) mass is 318 g/mol. The molecular formula is C11H18N4O5S. The van der Waals surface area contributed by atoms with Crippen molar-refractivity contribution in [2.24, 2.45) is 0 Å². The lowest BCUT2D eigenvalue weighted by atomic mass is 10.3. The second kappa shape index (κ2) is 6.52. The van der Waals surface area contributed by atoms with E-state index in [2.05, 4.69) is 14.7 Å². The zero-order valence-corrected chi connectivity index (χ0v) is 12.4. The fourth-order valence-electron chi connectivity index (χ4n) is 1.98. The highest BCUT2D eigenvalue weighted by atomic mass is 32.2. The molecule has 1 aromatic heterocycles. The molecule has 1 aromatic rings. The highest BCUT2D eigenvalue weighted by Gasteiger charge is 2.22. The summed E-state index contributed by atoms with van der Waals surface area (Å²) in [4.78, 5) is 12.5. The average Bonchev–Trinajstić information content (AvgIpc) is 2.85. The van der Waals surface area contributed by atoms with Crippen molar-refractivity contribution in [3.05, 3.63) is 12.4 Å². The number of morpholine rings is 1. The van der Waals surface area contributed by atoms with E-state index in [1.54, 1.807) is 0 Å². The Labute approximate surface area is 122 Å². The Kier molecular flexibility index (Phi) is 4.93. The molecule has 0 aliphatic carbocycles. The van der Waals surface area contributed by atoms with Gasteiger partial charge in [-0.1, -0.05) is 0 Å². The number of carboxylic acids is 1. The second-order valence-corrected chi connectivity index (χ2v) is 6.64. The molecule has 1 atom stereocenters. The Morgan fingerprint density at radius 1 is 1.62 bits per heavy atom. The first-order valence-electron chi connectivity index (χ1n) is 6.41. The summed E-state index contributed by atoms with van der Waals surface area (Å²) in [6, 6.07) is 0. The van der Waals surface area contributed by atoms with Gasteiger partial charge in [0.05, 0.1) is 18.9 Å². The van der Waals surface area contributed by atoms with E-state index in [1.165, 1.54) is 6.20 Å². The fraction of sp³-hybridized carbons (Fsp3) is 0.636. The lowest BCUT2D eigenvalue weighted by Gasteiger charge is -2.29. The van der Waals surface area contributed by atoms with Gasteiger partial charge in [0, 0.05) is 25.8 Å². The van der Waals surface area contributed by atoms with Gasteiger partial charge in [0.1, 0.15) is 11.4 Å². The molecule has 0 saturated carbocycles. The molecular weight excluding hydrogens is 300 g/mol. The van der Waals surface area contributed by atoms with Gasteiger partial charge in [-0.25, -0.2) is 13.1 Å². The van der Waals surface area contributed by atoms with Gasteiger partial charge in [0.15, 0.2) is 0 Å². The van der Waals surface area contributed by atoms with Crippen LogP contribution < -0.4 is 4.72 Å². The van der Waals surface area contributed by atoms with Gasteiger partial charge in [-0.15, -0.1) is 0 Å². The Balaban J connectivity index is 1.94. The van der Waals surface area contributed by atoms with Gasteiger partial charge in [-0.05, 0) is 7.05 Å². The number of sulfonamides is 1. The van der Waals surface area contributed by atoms with Crippen molar-refractivity contribution in [3.63, 3.8) is 0 Å². The summed E-state index contributed by atoms with van der Waals surface area (Å²) in [6.45, 7) is 1.83. The van der Waals surface area contributed by atoms with E-state index in [0.717, 1.165) is 17.4 Å². The molecule has 0 bridgehead atoms. The van der Waals surface area contributed by atoms with Crippen molar-refractivity contribution in [1.29, 1.82) is 0 Å². The van der Waals surface area contributed by atoms with Crippen LogP contribution in [0.1, 0.15) is 0 Å². The van der Waals surface area contributed by atoms with Crippen LogP contribution in [-0.4, -0.2) is 73.6 Å². The SMILES string of the molecule is CN1CCOC(CNS(=O)(=O)c2cnn(CC(=O)O)c2)C1. The van der Waals surface area contributed by atoms with Crippen LogP contribution in [0.5, 0.6) is 0 Å². The Morgan fingerprint density at radius 2 is 2.38 bits per heavy atom. The van der Waals surface area contributed by atoms with Crippen LogP contribution in [0.3, 0.4) is 0 Å². The van der Waals surface area contributed by atoms with Crippen LogP contribution in [0.25, 0.3) is 0 Å². The van der Waals surface area contributed by atoms with Crippen molar-refractivity contribution >= 4 is 16.0 Å². The third-order valence-electron chi connectivity index (χ3n) is 3.06. The molecule has 0 radical (unpaired) electrons. The largest absolute Gasteiger partial charge is 0.480 e. The van der Waals surface area contributed by atoms with Crippen LogP contribution in [0.15, 0.2) is 17.3 Å². The predicted molar refractivity (Wildman–Crippen MR) is 72.3 cm³/mol. The number of likely N-dealkylation sites (N-methyl/N-ethyl adjacent to an activating group) is 1. The van der Waals surface area contributed by atoms with Crippen molar-refractivity contribution in [2.75, 3.05) is 33.3 Å². The summed E-state index contributed by atoms with van der Waals surface area (Å²) in [5, 5.41) is 12.3. The molecule has 9 nitrogen and oxygen atoms in total. The van der Waals surface area contributed by atoms with Crippen molar-refractivity contribution in [2.45, 2.75) is 17.5 Å². The van der Waals surface area contributed by atoms with Gasteiger partial charge >= 0.3 is 5.97 Å². The summed E-state index contributed by atoms with van der Waals surface area (Å²) < 4.78 is 33.1. The first-order chi connectivity index (χ1) is 9.87. The Hall–Kier alpha value is -1.49. The fourth-order valence-corrected chi connectivity index (χ4v) is 3.00. The molecule has 0 spiro atoms. The minimum Gasteiger partial charge on any atom is -0.480 e. The molecule has 10 heteroatoms. The number of carboxylic acid groups (broad SMARTS) is 1. The number of aromatic nitrogens is 2. The highest BCUT2D eigenvalue weighted by Crippen LogP contribution is 2.08. The van der Waals surface area contributed by atoms with Crippen molar-refractivity contribution in [1.82, 2.24) is 19.4 Å². The quantitative estimate of drug-likeness (QED) is 0.661. The molecule has 0 amide bonds. The van der Waals surface area contributed by atoms with Gasteiger partial charge in [-0.3, -0.25) is 9.48 Å². The molecule has 2 N–H and O–H groups in total. The highest BCUT2D eigenvalue weighted by molar-refractivity contribution is 7.89. The van der Waals surface area contributed by atoms with Crippen LogP contribution in [0.4, 0.5) is 0 Å². The minimum absolute atomic E-state index is 0.0621. The molecule has 1 aliphatic rings. The number of rotatable bonds is 6. The normalized spacial score (nSPS) is 20.5.